The van der Waals surface area contributed by atoms with E-state index in [0.29, 0.717) is 7.11 Å². The molecule has 0 aliphatic rings. The molecule has 0 saturated carbocycles. The van der Waals surface area contributed by atoms with Gasteiger partial charge in [0.05, 0.1) is 7.11 Å². The monoisotopic (exact) mass is 509 g/mol. The summed E-state index contributed by atoms with van der Waals surface area (Å²) in [4.78, 5) is 2.54. The summed E-state index contributed by atoms with van der Waals surface area (Å²) in [5.74, 6) is -49.7. The fourth-order valence-corrected chi connectivity index (χ4v) is 2.11. The van der Waals surface area contributed by atoms with Gasteiger partial charge in [0.1, 0.15) is 0 Å². The number of ether oxygens (including phenoxy) is 1. The van der Waals surface area contributed by atoms with Crippen molar-refractivity contribution in [2.45, 2.75) is 61.6 Å². The number of nitrogens with zero attached hydrogens (tertiary/aromatic N) is 3. The Balaban J connectivity index is 3.72. The van der Waals surface area contributed by atoms with E-state index in [2.05, 4.69) is 14.8 Å². The first-order chi connectivity index (χ1) is 14.0. The topological polar surface area (TPSA) is 39.9 Å². The van der Waals surface area contributed by atoms with Crippen LogP contribution in [0.15, 0.2) is 0 Å². The van der Waals surface area contributed by atoms with Crippen LogP contribution in [-0.2, 0) is 12.5 Å². The van der Waals surface area contributed by atoms with Gasteiger partial charge >= 0.3 is 47.7 Å². The summed E-state index contributed by atoms with van der Waals surface area (Å²) in [7, 11) is 0.661. The summed E-state index contributed by atoms with van der Waals surface area (Å²) in [6, 6.07) is -1.20. The minimum Gasteiger partial charge on any atom is -0.466 e. The molecule has 0 radical (unpaired) electrons. The molecule has 0 aliphatic heterocycles. The molecule has 1 aromatic rings. The molecule has 19 heteroatoms. The molecule has 0 atom stereocenters. The number of aryl methyl sites for hydroxylation is 1. The number of methoxy groups -OCH3 is 1. The molecule has 0 aromatic carbocycles. The fraction of sp³-hybridized carbons (Fsp3) is 0.846. The van der Waals surface area contributed by atoms with Crippen LogP contribution in [0, 0.1) is 0 Å². The zero-order valence-electron chi connectivity index (χ0n) is 15.3. The Morgan fingerprint density at radius 2 is 1.09 bits per heavy atom. The van der Waals surface area contributed by atoms with Gasteiger partial charge in [0.2, 0.25) is 5.82 Å². The van der Waals surface area contributed by atoms with Crippen molar-refractivity contribution in [2.75, 3.05) is 7.11 Å². The van der Waals surface area contributed by atoms with Crippen molar-refractivity contribution in [2.24, 2.45) is 0 Å². The lowest BCUT2D eigenvalue weighted by Crippen LogP contribution is -2.72. The zero-order chi connectivity index (χ0) is 25.8. The summed E-state index contributed by atoms with van der Waals surface area (Å²) in [5.41, 5.74) is 0. The Morgan fingerprint density at radius 3 is 1.47 bits per heavy atom. The highest BCUT2D eigenvalue weighted by Gasteiger charge is 2.93. The predicted molar refractivity (Wildman–Crippen MR) is 71.5 cm³/mol. The van der Waals surface area contributed by atoms with E-state index < -0.39 is 60.1 Å². The molecule has 0 aliphatic carbocycles. The minimum atomic E-state index is -8.36. The van der Waals surface area contributed by atoms with Crippen LogP contribution in [-0.4, -0.2) is 57.7 Å². The Hall–Kier alpha value is -2.11. The first-order valence-electron chi connectivity index (χ1n) is 7.81. The highest BCUT2D eigenvalue weighted by molar-refractivity contribution is 5.17. The van der Waals surface area contributed by atoms with Crippen molar-refractivity contribution >= 4 is 0 Å². The molecule has 0 N–H and O–H groups in total. The van der Waals surface area contributed by atoms with Crippen LogP contribution in [0.1, 0.15) is 19.2 Å². The van der Waals surface area contributed by atoms with E-state index in [9.17, 15) is 65.9 Å². The van der Waals surface area contributed by atoms with E-state index in [0.717, 1.165) is 0 Å². The molecule has 1 heterocycles. The molecule has 188 valence electrons. The van der Waals surface area contributed by atoms with Crippen LogP contribution in [0.4, 0.5) is 65.9 Å². The number of hydrogen-bond donors (Lipinski definition) is 0. The molecule has 0 saturated heterocycles. The molecule has 1 rings (SSSR count). The van der Waals surface area contributed by atoms with Gasteiger partial charge < -0.3 is 4.74 Å². The average Bonchev–Trinajstić information content (AvgIpc) is 3.04. The summed E-state index contributed by atoms with van der Waals surface area (Å²) >= 11 is 0. The third-order valence-electron chi connectivity index (χ3n) is 3.88. The van der Waals surface area contributed by atoms with Gasteiger partial charge in [-0.3, -0.25) is 0 Å². The van der Waals surface area contributed by atoms with E-state index in [1.165, 1.54) is 6.92 Å². The molecule has 0 spiro atoms. The number of halogens is 15. The molecule has 0 amide bonds. The molecular weight excluding hydrogens is 499 g/mol. The van der Waals surface area contributed by atoms with E-state index in [-0.39, 0.29) is 11.1 Å². The zero-order valence-corrected chi connectivity index (χ0v) is 15.3. The first-order valence-corrected chi connectivity index (χ1v) is 7.81. The first kappa shape index (κ1) is 27.9. The van der Waals surface area contributed by atoms with Crippen LogP contribution < -0.4 is 4.74 Å². The van der Waals surface area contributed by atoms with Crippen LogP contribution in [0.3, 0.4) is 0 Å². The third kappa shape index (κ3) is 3.60. The number of hydrogen-bond acceptors (Lipinski definition) is 3. The van der Waals surface area contributed by atoms with Crippen molar-refractivity contribution < 1.29 is 70.6 Å². The second-order valence-electron chi connectivity index (χ2n) is 6.09. The number of alkyl halides is 15. The Bertz CT molecular complexity index is 814. The van der Waals surface area contributed by atoms with E-state index in [1.807, 2.05) is 0 Å². The molecule has 4 nitrogen and oxygen atoms in total. The molecule has 0 fully saturated rings. The Morgan fingerprint density at radius 1 is 0.688 bits per heavy atom. The second kappa shape index (κ2) is 7.74. The normalized spacial score (nSPS) is 15.3. The predicted octanol–water partition coefficient (Wildman–Crippen LogP) is 5.53. The van der Waals surface area contributed by atoms with E-state index in [4.69, 9.17) is 0 Å². The van der Waals surface area contributed by atoms with Crippen molar-refractivity contribution in [1.29, 1.82) is 0 Å². The second-order valence-corrected chi connectivity index (χ2v) is 6.09. The summed E-state index contributed by atoms with van der Waals surface area (Å²) in [6.07, 6.45) is -7.90. The summed E-state index contributed by atoms with van der Waals surface area (Å²) < 4.78 is 203. The highest BCUT2D eigenvalue weighted by Crippen LogP contribution is 2.63. The van der Waals surface area contributed by atoms with Gasteiger partial charge in [-0.05, 0) is 6.42 Å². The number of rotatable bonds is 9. The van der Waals surface area contributed by atoms with Crippen LogP contribution in [0.25, 0.3) is 0 Å². The fourth-order valence-electron chi connectivity index (χ4n) is 2.11. The third-order valence-corrected chi connectivity index (χ3v) is 3.88. The lowest BCUT2D eigenvalue weighted by molar-refractivity contribution is -0.454. The van der Waals surface area contributed by atoms with Crippen molar-refractivity contribution in [3.63, 3.8) is 0 Å². The Labute approximate surface area is 167 Å². The van der Waals surface area contributed by atoms with Gasteiger partial charge in [0.15, 0.2) is 0 Å². The molecule has 1 aromatic heterocycles. The van der Waals surface area contributed by atoms with Crippen LogP contribution >= 0.6 is 0 Å². The van der Waals surface area contributed by atoms with Crippen LogP contribution in [0.2, 0.25) is 0 Å². The van der Waals surface area contributed by atoms with Crippen molar-refractivity contribution in [3.8, 4) is 6.01 Å². The van der Waals surface area contributed by atoms with Gasteiger partial charge in [0.25, 0.3) is 0 Å². The van der Waals surface area contributed by atoms with Gasteiger partial charge in [-0.15, -0.1) is 5.10 Å². The summed E-state index contributed by atoms with van der Waals surface area (Å²) in [6.45, 7) is 0.373. The number of aromatic nitrogens is 3. The smallest absolute Gasteiger partial charge is 0.460 e. The standard InChI is InChI=1S/C13H10F15N3O/c1-3-4-31-5(29-6(30-31)32-2)7(14,15)8(16,17)9(18,19)10(20,21)11(22,23)12(24,25)13(26,27)28/h3-4H2,1-2H3. The molecular formula is C13H10F15N3O. The van der Waals surface area contributed by atoms with E-state index >= 15 is 0 Å². The highest BCUT2D eigenvalue weighted by atomic mass is 19.4. The maximum atomic E-state index is 14.2. The molecule has 0 unspecified atom stereocenters. The maximum Gasteiger partial charge on any atom is 0.460 e. The van der Waals surface area contributed by atoms with Gasteiger partial charge in [-0.2, -0.15) is 70.8 Å². The Kier molecular flexibility index (Phi) is 6.75. The largest absolute Gasteiger partial charge is 0.466 e. The lowest BCUT2D eigenvalue weighted by atomic mass is 9.91. The van der Waals surface area contributed by atoms with Crippen LogP contribution in [0.5, 0.6) is 6.01 Å². The van der Waals surface area contributed by atoms with Crippen molar-refractivity contribution in [3.05, 3.63) is 5.82 Å². The molecule has 0 bridgehead atoms. The SMILES string of the molecule is CCCn1nc(OC)nc1C(F)(F)C(F)(F)C(F)(F)C(F)(F)C(F)(F)C(F)(F)C(F)(F)F. The van der Waals surface area contributed by atoms with Gasteiger partial charge in [-0.25, -0.2) is 4.68 Å². The van der Waals surface area contributed by atoms with Gasteiger partial charge in [0, 0.05) is 6.54 Å². The quantitative estimate of drug-likeness (QED) is 0.412. The van der Waals surface area contributed by atoms with E-state index in [1.54, 1.807) is 0 Å². The van der Waals surface area contributed by atoms with Gasteiger partial charge in [-0.1, -0.05) is 6.92 Å². The molecule has 32 heavy (non-hydrogen) atoms. The maximum absolute atomic E-state index is 14.2. The average molecular weight is 509 g/mol. The lowest BCUT2D eigenvalue weighted by Gasteiger charge is -2.41. The van der Waals surface area contributed by atoms with Crippen molar-refractivity contribution in [1.82, 2.24) is 14.8 Å². The minimum absolute atomic E-state index is 0.246. The summed E-state index contributed by atoms with van der Waals surface area (Å²) in [5, 5.41) is 2.98.